The second-order valence-electron chi connectivity index (χ2n) is 8.83. The molecule has 0 unspecified atom stereocenters. The molecule has 0 amide bonds. The molecule has 0 atom stereocenters. The van der Waals surface area contributed by atoms with E-state index in [0.717, 1.165) is 10.8 Å². The maximum atomic E-state index is 12.2. The minimum absolute atomic E-state index is 0.0854. The van der Waals surface area contributed by atoms with Crippen molar-refractivity contribution >= 4 is 16.7 Å². The number of rotatable bonds is 6. The van der Waals surface area contributed by atoms with Crippen molar-refractivity contribution in [1.29, 1.82) is 0 Å². The van der Waals surface area contributed by atoms with Crippen molar-refractivity contribution in [3.05, 3.63) is 114 Å². The van der Waals surface area contributed by atoms with Gasteiger partial charge in [0.1, 0.15) is 11.4 Å². The summed E-state index contributed by atoms with van der Waals surface area (Å²) in [6, 6.07) is 33.3. The van der Waals surface area contributed by atoms with Crippen LogP contribution in [0.5, 0.6) is 5.75 Å². The SMILES string of the molecule is CC(C)(C)OC(=O)COc1ccc(C(c2ccccc2)c2ccccc2)c2ccccc12. The number of carbonyl (C=O) groups is 1. The summed E-state index contributed by atoms with van der Waals surface area (Å²) in [6.45, 7) is 5.43. The number of hydrogen-bond donors (Lipinski definition) is 0. The van der Waals surface area contributed by atoms with Crippen LogP contribution in [0, 0.1) is 0 Å². The van der Waals surface area contributed by atoms with Gasteiger partial charge in [-0.2, -0.15) is 0 Å². The Hall–Kier alpha value is -3.59. The Morgan fingerprint density at radius 2 is 1.25 bits per heavy atom. The van der Waals surface area contributed by atoms with Crippen molar-refractivity contribution in [3.63, 3.8) is 0 Å². The van der Waals surface area contributed by atoms with Crippen molar-refractivity contribution < 1.29 is 14.3 Å². The van der Waals surface area contributed by atoms with E-state index in [2.05, 4.69) is 60.7 Å². The van der Waals surface area contributed by atoms with Gasteiger partial charge in [0.05, 0.1) is 0 Å². The van der Waals surface area contributed by atoms with E-state index in [4.69, 9.17) is 9.47 Å². The summed E-state index contributed by atoms with van der Waals surface area (Å²) in [5.74, 6) is 0.384. The lowest BCUT2D eigenvalue weighted by molar-refractivity contribution is -0.157. The Morgan fingerprint density at radius 1 is 0.719 bits per heavy atom. The topological polar surface area (TPSA) is 35.5 Å². The molecule has 4 rings (SSSR count). The molecule has 4 aromatic carbocycles. The predicted molar refractivity (Wildman–Crippen MR) is 129 cm³/mol. The Morgan fingerprint density at radius 3 is 1.81 bits per heavy atom. The van der Waals surface area contributed by atoms with Crippen LogP contribution in [0.1, 0.15) is 43.4 Å². The third kappa shape index (κ3) is 5.00. The van der Waals surface area contributed by atoms with Crippen LogP contribution in [0.25, 0.3) is 10.8 Å². The first-order valence-electron chi connectivity index (χ1n) is 10.9. The zero-order chi connectivity index (χ0) is 22.6. The van der Waals surface area contributed by atoms with E-state index in [1.54, 1.807) is 0 Å². The third-order valence-corrected chi connectivity index (χ3v) is 5.26. The third-order valence-electron chi connectivity index (χ3n) is 5.26. The highest BCUT2D eigenvalue weighted by Gasteiger charge is 2.21. The minimum atomic E-state index is -0.537. The molecule has 0 aliphatic heterocycles. The van der Waals surface area contributed by atoms with Crippen molar-refractivity contribution in [2.45, 2.75) is 32.3 Å². The molecule has 0 aromatic heterocycles. The van der Waals surface area contributed by atoms with E-state index in [1.807, 2.05) is 57.2 Å². The van der Waals surface area contributed by atoms with Gasteiger partial charge in [0, 0.05) is 11.3 Å². The predicted octanol–water partition coefficient (Wildman–Crippen LogP) is 6.74. The van der Waals surface area contributed by atoms with Crippen LogP contribution < -0.4 is 4.74 Å². The van der Waals surface area contributed by atoms with Gasteiger partial charge in [-0.25, -0.2) is 4.79 Å². The zero-order valence-electron chi connectivity index (χ0n) is 18.7. The summed E-state index contributed by atoms with van der Waals surface area (Å²) < 4.78 is 11.3. The van der Waals surface area contributed by atoms with Crippen molar-refractivity contribution in [3.8, 4) is 5.75 Å². The van der Waals surface area contributed by atoms with Gasteiger partial charge < -0.3 is 9.47 Å². The molecule has 0 heterocycles. The Bertz CT molecular complexity index is 1150. The van der Waals surface area contributed by atoms with E-state index in [-0.39, 0.29) is 18.5 Å². The molecule has 3 nitrogen and oxygen atoms in total. The molecule has 0 aliphatic carbocycles. The second-order valence-corrected chi connectivity index (χ2v) is 8.83. The van der Waals surface area contributed by atoms with Gasteiger partial charge in [-0.15, -0.1) is 0 Å². The van der Waals surface area contributed by atoms with E-state index >= 15 is 0 Å². The fourth-order valence-electron chi connectivity index (χ4n) is 4.02. The van der Waals surface area contributed by atoms with Gasteiger partial charge in [0.2, 0.25) is 0 Å². The lowest BCUT2D eigenvalue weighted by Gasteiger charge is -2.22. The first kappa shape index (κ1) is 21.6. The number of esters is 1. The summed E-state index contributed by atoms with van der Waals surface area (Å²) in [5.41, 5.74) is 3.12. The monoisotopic (exact) mass is 424 g/mol. The zero-order valence-corrected chi connectivity index (χ0v) is 18.7. The van der Waals surface area contributed by atoms with Gasteiger partial charge in [0.25, 0.3) is 0 Å². The average Bonchev–Trinajstić information content (AvgIpc) is 2.79. The molecule has 0 spiro atoms. The van der Waals surface area contributed by atoms with Crippen LogP contribution in [-0.4, -0.2) is 18.2 Å². The molecule has 0 saturated heterocycles. The van der Waals surface area contributed by atoms with Crippen LogP contribution in [0.3, 0.4) is 0 Å². The number of benzene rings is 4. The molecule has 162 valence electrons. The summed E-state index contributed by atoms with van der Waals surface area (Å²) in [4.78, 5) is 12.2. The molecule has 0 radical (unpaired) electrons. The Balaban J connectivity index is 1.75. The van der Waals surface area contributed by atoms with Crippen LogP contribution in [0.2, 0.25) is 0 Å². The highest BCUT2D eigenvalue weighted by molar-refractivity contribution is 5.92. The first-order valence-corrected chi connectivity index (χ1v) is 10.9. The van der Waals surface area contributed by atoms with E-state index in [9.17, 15) is 4.79 Å². The van der Waals surface area contributed by atoms with Crippen LogP contribution in [0.4, 0.5) is 0 Å². The van der Waals surface area contributed by atoms with Gasteiger partial charge in [0.15, 0.2) is 6.61 Å². The number of fused-ring (bicyclic) bond motifs is 1. The van der Waals surface area contributed by atoms with Gasteiger partial charge in [-0.05, 0) is 48.9 Å². The normalized spacial score (nSPS) is 11.5. The van der Waals surface area contributed by atoms with Gasteiger partial charge in [-0.1, -0.05) is 91.0 Å². The largest absolute Gasteiger partial charge is 0.481 e. The standard InChI is InChI=1S/C29H28O3/c1-29(2,3)32-27(30)20-31-26-19-18-25(23-16-10-11-17-24(23)26)28(21-12-6-4-7-13-21)22-14-8-5-9-15-22/h4-19,28H,20H2,1-3H3. The fourth-order valence-corrected chi connectivity index (χ4v) is 4.02. The molecule has 0 bridgehead atoms. The molecule has 0 aliphatic rings. The lowest BCUT2D eigenvalue weighted by Crippen LogP contribution is -2.27. The molecule has 32 heavy (non-hydrogen) atoms. The van der Waals surface area contributed by atoms with Crippen LogP contribution in [-0.2, 0) is 9.53 Å². The summed E-state index contributed by atoms with van der Waals surface area (Å²) in [5, 5.41) is 2.08. The van der Waals surface area contributed by atoms with Crippen LogP contribution >= 0.6 is 0 Å². The summed E-state index contributed by atoms with van der Waals surface area (Å²) >= 11 is 0. The smallest absolute Gasteiger partial charge is 0.344 e. The highest BCUT2D eigenvalue weighted by atomic mass is 16.6. The molecule has 0 N–H and O–H groups in total. The number of ether oxygens (including phenoxy) is 2. The second kappa shape index (κ2) is 9.27. The van der Waals surface area contributed by atoms with Gasteiger partial charge >= 0.3 is 5.97 Å². The fraction of sp³-hybridized carbons (Fsp3) is 0.207. The Labute approximate surface area is 189 Å². The molecule has 3 heteroatoms. The van der Waals surface area contributed by atoms with Crippen molar-refractivity contribution in [1.82, 2.24) is 0 Å². The minimum Gasteiger partial charge on any atom is -0.481 e. The molecule has 4 aromatic rings. The van der Waals surface area contributed by atoms with E-state index < -0.39 is 5.60 Å². The van der Waals surface area contributed by atoms with Gasteiger partial charge in [-0.3, -0.25) is 0 Å². The first-order chi connectivity index (χ1) is 15.4. The van der Waals surface area contributed by atoms with Crippen molar-refractivity contribution in [2.24, 2.45) is 0 Å². The average molecular weight is 425 g/mol. The van der Waals surface area contributed by atoms with Crippen molar-refractivity contribution in [2.75, 3.05) is 6.61 Å². The highest BCUT2D eigenvalue weighted by Crippen LogP contribution is 2.38. The number of carbonyl (C=O) groups excluding carboxylic acids is 1. The maximum absolute atomic E-state index is 12.2. The molecular formula is C29H28O3. The molecular weight excluding hydrogens is 396 g/mol. The lowest BCUT2D eigenvalue weighted by atomic mass is 9.83. The molecule has 0 fully saturated rings. The quantitative estimate of drug-likeness (QED) is 0.254. The molecule has 0 saturated carbocycles. The summed E-state index contributed by atoms with van der Waals surface area (Å²) in [6.07, 6.45) is 0. The van der Waals surface area contributed by atoms with Crippen LogP contribution in [0.15, 0.2) is 97.1 Å². The van der Waals surface area contributed by atoms with E-state index in [1.165, 1.54) is 16.7 Å². The van der Waals surface area contributed by atoms with E-state index in [0.29, 0.717) is 5.75 Å². The number of hydrogen-bond acceptors (Lipinski definition) is 3. The maximum Gasteiger partial charge on any atom is 0.344 e. The summed E-state index contributed by atoms with van der Waals surface area (Å²) in [7, 11) is 0. The Kier molecular flexibility index (Phi) is 6.27.